The Balaban J connectivity index is 1.85. The van der Waals surface area contributed by atoms with Gasteiger partial charge in [-0.1, -0.05) is 30.3 Å². The van der Waals surface area contributed by atoms with Crippen LogP contribution in [0.5, 0.6) is 0 Å². The summed E-state index contributed by atoms with van der Waals surface area (Å²) in [5.74, 6) is -2.86. The molecule has 132 valence electrons. The van der Waals surface area contributed by atoms with Crippen LogP contribution in [0, 0.1) is 11.6 Å². The Kier molecular flexibility index (Phi) is 4.03. The zero-order valence-corrected chi connectivity index (χ0v) is 13.9. The summed E-state index contributed by atoms with van der Waals surface area (Å²) in [5, 5.41) is 0. The van der Waals surface area contributed by atoms with Crippen molar-refractivity contribution >= 4 is 23.1 Å². The molecule has 0 aromatic heterocycles. The molecule has 2 aliphatic rings. The quantitative estimate of drug-likeness (QED) is 0.794. The van der Waals surface area contributed by atoms with E-state index in [9.17, 15) is 18.4 Å². The van der Waals surface area contributed by atoms with Gasteiger partial charge in [0.05, 0.1) is 11.3 Å². The van der Waals surface area contributed by atoms with Crippen LogP contribution in [0.15, 0.2) is 54.2 Å². The van der Waals surface area contributed by atoms with E-state index in [0.717, 1.165) is 29.9 Å². The van der Waals surface area contributed by atoms with E-state index in [4.69, 9.17) is 0 Å². The van der Waals surface area contributed by atoms with Gasteiger partial charge in [0.1, 0.15) is 17.3 Å². The van der Waals surface area contributed by atoms with Gasteiger partial charge in [0.15, 0.2) is 0 Å². The Labute approximate surface area is 149 Å². The van der Waals surface area contributed by atoms with E-state index in [2.05, 4.69) is 0 Å². The maximum Gasteiger partial charge on any atom is 0.282 e. The van der Waals surface area contributed by atoms with Crippen LogP contribution in [0.3, 0.4) is 0 Å². The standard InChI is InChI=1S/C20H16F2N2O2/c21-14-8-9-16(15(22)12-14)24-19(25)17(13-6-2-1-3-7-13)18(20(24)26)23-10-4-5-11-23/h1-3,6-9,12H,4-5,10-11H2. The zero-order valence-electron chi connectivity index (χ0n) is 13.9. The molecule has 6 heteroatoms. The van der Waals surface area contributed by atoms with E-state index >= 15 is 0 Å². The van der Waals surface area contributed by atoms with Crippen LogP contribution in [-0.4, -0.2) is 29.8 Å². The van der Waals surface area contributed by atoms with Crippen LogP contribution in [-0.2, 0) is 9.59 Å². The molecule has 26 heavy (non-hydrogen) atoms. The molecule has 4 rings (SSSR count). The largest absolute Gasteiger partial charge is 0.366 e. The first-order valence-corrected chi connectivity index (χ1v) is 8.46. The summed E-state index contributed by atoms with van der Waals surface area (Å²) in [5.41, 5.74) is 0.936. The Morgan fingerprint density at radius 3 is 2.19 bits per heavy atom. The average Bonchev–Trinajstić information content (AvgIpc) is 3.23. The highest BCUT2D eigenvalue weighted by Crippen LogP contribution is 2.36. The predicted octanol–water partition coefficient (Wildman–Crippen LogP) is 3.35. The van der Waals surface area contributed by atoms with Gasteiger partial charge >= 0.3 is 0 Å². The summed E-state index contributed by atoms with van der Waals surface area (Å²) in [4.78, 5) is 28.8. The zero-order chi connectivity index (χ0) is 18.3. The second kappa shape index (κ2) is 6.37. The van der Waals surface area contributed by atoms with E-state index in [1.165, 1.54) is 0 Å². The van der Waals surface area contributed by atoms with Crippen molar-refractivity contribution in [2.24, 2.45) is 0 Å². The van der Waals surface area contributed by atoms with E-state index < -0.39 is 23.4 Å². The molecule has 4 nitrogen and oxygen atoms in total. The molecule has 1 fully saturated rings. The molecule has 0 saturated carbocycles. The van der Waals surface area contributed by atoms with Crippen molar-refractivity contribution in [2.45, 2.75) is 12.8 Å². The van der Waals surface area contributed by atoms with Crippen molar-refractivity contribution in [3.05, 3.63) is 71.4 Å². The SMILES string of the molecule is O=C1C(c2ccccc2)=C(N2CCCC2)C(=O)N1c1ccc(F)cc1F. The summed E-state index contributed by atoms with van der Waals surface area (Å²) >= 11 is 0. The maximum absolute atomic E-state index is 14.3. The Morgan fingerprint density at radius 1 is 0.846 bits per heavy atom. The molecular weight excluding hydrogens is 338 g/mol. The Morgan fingerprint density at radius 2 is 1.54 bits per heavy atom. The van der Waals surface area contributed by atoms with Crippen LogP contribution >= 0.6 is 0 Å². The van der Waals surface area contributed by atoms with Gasteiger partial charge in [0.2, 0.25) is 0 Å². The average molecular weight is 354 g/mol. The lowest BCUT2D eigenvalue weighted by molar-refractivity contribution is -0.120. The minimum Gasteiger partial charge on any atom is -0.366 e. The number of imide groups is 1. The second-order valence-corrected chi connectivity index (χ2v) is 6.33. The van der Waals surface area contributed by atoms with Gasteiger partial charge in [0, 0.05) is 19.2 Å². The molecule has 0 aliphatic carbocycles. The highest BCUT2D eigenvalue weighted by atomic mass is 19.1. The first kappa shape index (κ1) is 16.4. The van der Waals surface area contributed by atoms with Crippen molar-refractivity contribution in [1.29, 1.82) is 0 Å². The summed E-state index contributed by atoms with van der Waals surface area (Å²) in [6.07, 6.45) is 1.86. The molecule has 2 amide bonds. The summed E-state index contributed by atoms with van der Waals surface area (Å²) in [6.45, 7) is 1.34. The fourth-order valence-corrected chi connectivity index (χ4v) is 3.50. The van der Waals surface area contributed by atoms with E-state index in [-0.39, 0.29) is 11.3 Å². The Bertz CT molecular complexity index is 919. The molecule has 0 unspecified atom stereocenters. The predicted molar refractivity (Wildman–Crippen MR) is 93.0 cm³/mol. The summed E-state index contributed by atoms with van der Waals surface area (Å²) < 4.78 is 27.5. The van der Waals surface area contributed by atoms with Crippen LogP contribution in [0.1, 0.15) is 18.4 Å². The van der Waals surface area contributed by atoms with Crippen LogP contribution in [0.25, 0.3) is 5.57 Å². The molecule has 1 saturated heterocycles. The number of halogens is 2. The molecule has 2 heterocycles. The summed E-state index contributed by atoms with van der Waals surface area (Å²) in [6, 6.07) is 11.7. The Hall–Kier alpha value is -3.02. The fraction of sp³-hybridized carbons (Fsp3) is 0.200. The molecule has 0 radical (unpaired) electrons. The van der Waals surface area contributed by atoms with Gasteiger partial charge in [-0.15, -0.1) is 0 Å². The van der Waals surface area contributed by atoms with E-state index in [1.54, 1.807) is 24.3 Å². The number of benzene rings is 2. The molecule has 2 aromatic carbocycles. The number of hydrogen-bond donors (Lipinski definition) is 0. The van der Waals surface area contributed by atoms with Crippen molar-refractivity contribution in [3.8, 4) is 0 Å². The first-order chi connectivity index (χ1) is 12.6. The molecule has 0 bridgehead atoms. The number of nitrogens with zero attached hydrogens (tertiary/aromatic N) is 2. The lowest BCUT2D eigenvalue weighted by Gasteiger charge is -2.20. The number of anilines is 1. The minimum absolute atomic E-state index is 0.232. The van der Waals surface area contributed by atoms with E-state index in [1.807, 2.05) is 11.0 Å². The summed E-state index contributed by atoms with van der Waals surface area (Å²) in [7, 11) is 0. The van der Waals surface area contributed by atoms with Gasteiger partial charge in [-0.2, -0.15) is 0 Å². The number of rotatable bonds is 3. The highest BCUT2D eigenvalue weighted by molar-refractivity contribution is 6.45. The third-order valence-electron chi connectivity index (χ3n) is 4.69. The maximum atomic E-state index is 14.3. The lowest BCUT2D eigenvalue weighted by Crippen LogP contribution is -2.35. The highest BCUT2D eigenvalue weighted by Gasteiger charge is 2.43. The first-order valence-electron chi connectivity index (χ1n) is 8.46. The molecule has 0 N–H and O–H groups in total. The molecule has 2 aliphatic heterocycles. The van der Waals surface area contributed by atoms with Crippen molar-refractivity contribution < 1.29 is 18.4 Å². The topological polar surface area (TPSA) is 40.6 Å². The van der Waals surface area contributed by atoms with Crippen molar-refractivity contribution in [3.63, 3.8) is 0 Å². The monoisotopic (exact) mass is 354 g/mol. The van der Waals surface area contributed by atoms with Gasteiger partial charge in [-0.3, -0.25) is 9.59 Å². The number of carbonyl (C=O) groups excluding carboxylic acids is 2. The third kappa shape index (κ3) is 2.58. The van der Waals surface area contributed by atoms with Crippen molar-refractivity contribution in [2.75, 3.05) is 18.0 Å². The third-order valence-corrected chi connectivity index (χ3v) is 4.69. The normalized spacial score (nSPS) is 17.6. The van der Waals surface area contributed by atoms with E-state index in [0.29, 0.717) is 30.4 Å². The van der Waals surface area contributed by atoms with Gasteiger partial charge < -0.3 is 4.90 Å². The molecular formula is C20H16F2N2O2. The van der Waals surface area contributed by atoms with Gasteiger partial charge in [0.25, 0.3) is 11.8 Å². The number of carbonyl (C=O) groups is 2. The number of amides is 2. The number of hydrogen-bond acceptors (Lipinski definition) is 3. The molecule has 0 spiro atoms. The van der Waals surface area contributed by atoms with Gasteiger partial charge in [-0.05, 0) is 30.5 Å². The van der Waals surface area contributed by atoms with Crippen molar-refractivity contribution in [1.82, 2.24) is 4.90 Å². The van der Waals surface area contributed by atoms with Gasteiger partial charge in [-0.25, -0.2) is 13.7 Å². The van der Waals surface area contributed by atoms with Crippen LogP contribution in [0.4, 0.5) is 14.5 Å². The smallest absolute Gasteiger partial charge is 0.282 e. The molecule has 0 atom stereocenters. The fourth-order valence-electron chi connectivity index (χ4n) is 3.50. The molecule has 2 aromatic rings. The van der Waals surface area contributed by atoms with Crippen LogP contribution < -0.4 is 4.90 Å². The van der Waals surface area contributed by atoms with Crippen LogP contribution in [0.2, 0.25) is 0 Å². The second-order valence-electron chi connectivity index (χ2n) is 6.33. The lowest BCUT2D eigenvalue weighted by atomic mass is 10.0. The minimum atomic E-state index is -0.943. The number of likely N-dealkylation sites (tertiary alicyclic amines) is 1.